The number of halogens is 1. The molecular weight excluding hydrogens is 312 g/mol. The average Bonchev–Trinajstić information content (AvgIpc) is 2.50. The number of carbonyl (C=O) groups excluding carboxylic acids is 1. The number of nitro benzene ring substituents is 1. The zero-order valence-electron chi connectivity index (χ0n) is 10.9. The molecule has 2 rings (SSSR count). The molecule has 0 saturated heterocycles. The number of hydrogen-bond donors (Lipinski definition) is 1. The van der Waals surface area contributed by atoms with Gasteiger partial charge in [-0.05, 0) is 29.5 Å². The van der Waals surface area contributed by atoms with E-state index in [0.29, 0.717) is 0 Å². The number of nitro groups is 1. The van der Waals surface area contributed by atoms with Gasteiger partial charge in [-0.1, -0.05) is 17.7 Å². The maximum absolute atomic E-state index is 11.8. The summed E-state index contributed by atoms with van der Waals surface area (Å²) in [5, 5.41) is 26.1. The summed E-state index contributed by atoms with van der Waals surface area (Å²) in [6.45, 7) is 0. The van der Waals surface area contributed by atoms with Gasteiger partial charge in [-0.3, -0.25) is 19.9 Å². The van der Waals surface area contributed by atoms with Crippen LogP contribution >= 0.6 is 11.6 Å². The summed E-state index contributed by atoms with van der Waals surface area (Å²) in [4.78, 5) is 25.4. The zero-order valence-corrected chi connectivity index (χ0v) is 11.6. The van der Waals surface area contributed by atoms with Crippen LogP contribution in [0.25, 0.3) is 0 Å². The summed E-state index contributed by atoms with van der Waals surface area (Å²) in [6.07, 6.45) is 2.43. The van der Waals surface area contributed by atoms with Gasteiger partial charge in [-0.25, -0.2) is 5.43 Å². The molecule has 0 unspecified atom stereocenters. The fraction of sp³-hybridized carbons (Fsp3) is 0. The average molecular weight is 320 g/mol. The number of nitrogens with one attached hydrogen (secondary N) is 1. The van der Waals surface area contributed by atoms with Crippen molar-refractivity contribution in [1.82, 2.24) is 10.4 Å². The highest BCUT2D eigenvalue weighted by Gasteiger charge is 2.11. The lowest BCUT2D eigenvalue weighted by Crippen LogP contribution is -2.18. The lowest BCUT2D eigenvalue weighted by atomic mass is 10.2. The number of nitrogens with zero attached hydrogens (tertiary/aromatic N) is 3. The highest BCUT2D eigenvalue weighted by Crippen LogP contribution is 2.29. The standard InChI is InChI=1S/C13H9ClN4O4/c14-9-5-8(12(19)11(6-9)18(21)22)7-16-17-13(20)10-3-1-2-4-15-10/h1-7,19H,(H,17,20)/p-1/b16-7-. The smallest absolute Gasteiger partial charge is 0.289 e. The number of benzene rings is 1. The largest absolute Gasteiger partial charge is 0.867 e. The Morgan fingerprint density at radius 3 is 2.82 bits per heavy atom. The Balaban J connectivity index is 2.17. The topological polar surface area (TPSA) is 121 Å². The Morgan fingerprint density at radius 1 is 1.41 bits per heavy atom. The molecule has 0 aliphatic rings. The molecule has 0 atom stereocenters. The van der Waals surface area contributed by atoms with Crippen molar-refractivity contribution in [2.24, 2.45) is 5.10 Å². The molecule has 22 heavy (non-hydrogen) atoms. The predicted octanol–water partition coefficient (Wildman–Crippen LogP) is 1.48. The Labute approximate surface area is 129 Å². The van der Waals surface area contributed by atoms with E-state index in [1.54, 1.807) is 12.1 Å². The van der Waals surface area contributed by atoms with Crippen molar-refractivity contribution in [2.45, 2.75) is 0 Å². The monoisotopic (exact) mass is 319 g/mol. The second-order valence-electron chi connectivity index (χ2n) is 4.01. The molecule has 0 aliphatic carbocycles. The molecule has 0 aliphatic heterocycles. The van der Waals surface area contributed by atoms with Crippen molar-refractivity contribution >= 4 is 29.4 Å². The van der Waals surface area contributed by atoms with Gasteiger partial charge in [0.2, 0.25) is 0 Å². The molecule has 1 amide bonds. The van der Waals surface area contributed by atoms with E-state index >= 15 is 0 Å². The van der Waals surface area contributed by atoms with Gasteiger partial charge in [0.1, 0.15) is 5.69 Å². The molecule has 1 aromatic heterocycles. The third kappa shape index (κ3) is 3.55. The van der Waals surface area contributed by atoms with Crippen LogP contribution in [0.5, 0.6) is 5.75 Å². The minimum atomic E-state index is -0.842. The molecule has 8 nitrogen and oxygen atoms in total. The lowest BCUT2D eigenvalue weighted by Gasteiger charge is -2.10. The van der Waals surface area contributed by atoms with E-state index < -0.39 is 22.3 Å². The van der Waals surface area contributed by atoms with E-state index in [-0.39, 0.29) is 16.3 Å². The first kappa shape index (κ1) is 15.4. The summed E-state index contributed by atoms with van der Waals surface area (Å²) in [7, 11) is 0. The van der Waals surface area contributed by atoms with Crippen molar-refractivity contribution in [3.8, 4) is 5.75 Å². The number of amides is 1. The van der Waals surface area contributed by atoms with Crippen LogP contribution in [0.3, 0.4) is 0 Å². The van der Waals surface area contributed by atoms with Crippen LogP contribution in [0.2, 0.25) is 5.02 Å². The Hall–Kier alpha value is -3.00. The molecule has 0 saturated carbocycles. The molecule has 0 bridgehead atoms. The first-order valence-corrected chi connectivity index (χ1v) is 6.26. The van der Waals surface area contributed by atoms with Gasteiger partial charge < -0.3 is 5.11 Å². The minimum absolute atomic E-state index is 0.0174. The third-order valence-corrected chi connectivity index (χ3v) is 2.75. The van der Waals surface area contributed by atoms with E-state index in [2.05, 4.69) is 15.5 Å². The van der Waals surface area contributed by atoms with Crippen LogP contribution in [-0.4, -0.2) is 22.0 Å². The molecular formula is C13H8ClN4O4-. The lowest BCUT2D eigenvalue weighted by molar-refractivity contribution is -0.398. The molecule has 0 spiro atoms. The van der Waals surface area contributed by atoms with Gasteiger partial charge in [-0.2, -0.15) is 5.10 Å². The van der Waals surface area contributed by atoms with Crippen molar-refractivity contribution in [3.63, 3.8) is 0 Å². The van der Waals surface area contributed by atoms with E-state index in [0.717, 1.165) is 12.3 Å². The van der Waals surface area contributed by atoms with E-state index in [1.807, 2.05) is 0 Å². The van der Waals surface area contributed by atoms with Crippen LogP contribution in [0, 0.1) is 10.1 Å². The van der Waals surface area contributed by atoms with Crippen molar-refractivity contribution < 1.29 is 14.8 Å². The molecule has 1 aromatic carbocycles. The zero-order chi connectivity index (χ0) is 16.1. The highest BCUT2D eigenvalue weighted by atomic mass is 35.5. The van der Waals surface area contributed by atoms with Gasteiger partial charge in [-0.15, -0.1) is 0 Å². The predicted molar refractivity (Wildman–Crippen MR) is 76.8 cm³/mol. The fourth-order valence-electron chi connectivity index (χ4n) is 1.55. The molecule has 0 radical (unpaired) electrons. The highest BCUT2D eigenvalue weighted by molar-refractivity contribution is 6.31. The Bertz CT molecular complexity index is 749. The number of pyridine rings is 1. The SMILES string of the molecule is O=C(N/N=C\c1cc(Cl)cc([N+](=O)[O-])c1[O-])c1ccccn1. The first-order valence-electron chi connectivity index (χ1n) is 5.88. The maximum Gasteiger partial charge on any atom is 0.289 e. The maximum atomic E-state index is 11.8. The fourth-order valence-corrected chi connectivity index (χ4v) is 1.77. The molecule has 1 N–H and O–H groups in total. The summed E-state index contributed by atoms with van der Waals surface area (Å²) < 4.78 is 0. The van der Waals surface area contributed by atoms with E-state index in [9.17, 15) is 20.0 Å². The second kappa shape index (κ2) is 6.64. The molecule has 1 heterocycles. The van der Waals surface area contributed by atoms with Gasteiger partial charge in [0.15, 0.2) is 0 Å². The van der Waals surface area contributed by atoms with Crippen LogP contribution in [0.4, 0.5) is 5.69 Å². The summed E-state index contributed by atoms with van der Waals surface area (Å²) in [5.74, 6) is -1.42. The number of carbonyl (C=O) groups is 1. The number of aromatic nitrogens is 1. The van der Waals surface area contributed by atoms with Gasteiger partial charge in [0, 0.05) is 17.3 Å². The normalized spacial score (nSPS) is 10.6. The van der Waals surface area contributed by atoms with Crippen LogP contribution < -0.4 is 10.5 Å². The van der Waals surface area contributed by atoms with Gasteiger partial charge >= 0.3 is 0 Å². The molecule has 0 fully saturated rings. The Kier molecular flexibility index (Phi) is 4.64. The quantitative estimate of drug-likeness (QED) is 0.519. The molecule has 9 heteroatoms. The summed E-state index contributed by atoms with van der Waals surface area (Å²) in [5.41, 5.74) is 1.52. The van der Waals surface area contributed by atoms with Gasteiger partial charge in [0.05, 0.1) is 11.1 Å². The first-order chi connectivity index (χ1) is 10.5. The van der Waals surface area contributed by atoms with Crippen molar-refractivity contribution in [2.75, 3.05) is 0 Å². The van der Waals surface area contributed by atoms with E-state index in [1.165, 1.54) is 18.3 Å². The number of rotatable bonds is 4. The third-order valence-electron chi connectivity index (χ3n) is 2.53. The van der Waals surface area contributed by atoms with Gasteiger partial charge in [0.25, 0.3) is 11.6 Å². The van der Waals surface area contributed by atoms with E-state index in [4.69, 9.17) is 11.6 Å². The van der Waals surface area contributed by atoms with Crippen molar-refractivity contribution in [3.05, 3.63) is 62.9 Å². The molecule has 2 aromatic rings. The van der Waals surface area contributed by atoms with Crippen LogP contribution in [0.1, 0.15) is 16.1 Å². The van der Waals surface area contributed by atoms with Crippen molar-refractivity contribution in [1.29, 1.82) is 0 Å². The second-order valence-corrected chi connectivity index (χ2v) is 4.45. The minimum Gasteiger partial charge on any atom is -0.867 e. The number of hydrazone groups is 1. The summed E-state index contributed by atoms with van der Waals surface area (Å²) in [6, 6.07) is 6.92. The van der Waals surface area contributed by atoms with Crippen LogP contribution in [-0.2, 0) is 0 Å². The number of hydrogen-bond acceptors (Lipinski definition) is 6. The van der Waals surface area contributed by atoms with Crippen LogP contribution in [0.15, 0.2) is 41.6 Å². The molecule has 112 valence electrons. The summed E-state index contributed by atoms with van der Waals surface area (Å²) >= 11 is 5.70. The Morgan fingerprint density at radius 2 is 2.18 bits per heavy atom.